The molecule has 0 aromatic rings. The number of hydrogen-bond acceptors (Lipinski definition) is 12. The van der Waals surface area contributed by atoms with Gasteiger partial charge >= 0.3 is 5.97 Å². The Morgan fingerprint density at radius 1 is 0.347 bits per heavy atom. The maximum atomic E-state index is 12.1. The predicted octanol–water partition coefficient (Wildman–Crippen LogP) is 21.3. The maximum absolute atomic E-state index is 12.1. The number of aliphatic hydroxyl groups excluding tert-OH is 8. The van der Waals surface area contributed by atoms with Crippen molar-refractivity contribution in [2.45, 2.75) is 359 Å². The molecule has 12 nitrogen and oxygen atoms in total. The van der Waals surface area contributed by atoms with Crippen LogP contribution in [0.4, 0.5) is 0 Å². The Kier molecular flexibility index (Phi) is 27.6. The zero-order chi connectivity index (χ0) is 85.9. The van der Waals surface area contributed by atoms with Crippen LogP contribution in [0.25, 0.3) is 0 Å². The molecule has 17 rings (SSSR count). The first-order valence-electron chi connectivity index (χ1n) is 49.2. The normalized spacial score (nSPS) is 52.9. The summed E-state index contributed by atoms with van der Waals surface area (Å²) in [5.74, 6) is 10.2. The predicted molar refractivity (Wildman–Crippen MR) is 475 cm³/mol. The first kappa shape index (κ1) is 92.8. The van der Waals surface area contributed by atoms with E-state index in [0.29, 0.717) is 127 Å². The van der Waals surface area contributed by atoms with E-state index < -0.39 is 24.4 Å². The summed E-state index contributed by atoms with van der Waals surface area (Å²) in [6.07, 6.45) is 39.3. The molecular weight excluding hydrogens is 1470 g/mol. The van der Waals surface area contributed by atoms with Gasteiger partial charge in [-0.3, -0.25) is 4.79 Å². The summed E-state index contributed by atoms with van der Waals surface area (Å²) in [6, 6.07) is 0. The second kappa shape index (κ2) is 35.1. The molecule has 8 N–H and O–H groups in total. The molecule has 39 atom stereocenters. The monoisotopic (exact) mass is 1640 g/mol. The number of hydrogen-bond donors (Lipinski definition) is 8. The van der Waals surface area contributed by atoms with Gasteiger partial charge in [0.25, 0.3) is 0 Å². The lowest BCUT2D eigenvalue weighted by atomic mass is 9.43. The van der Waals surface area contributed by atoms with Crippen molar-refractivity contribution in [1.29, 1.82) is 0 Å². The molecule has 668 valence electrons. The number of aliphatic hydroxyl groups is 8. The second-order valence-electron chi connectivity index (χ2n) is 47.9. The van der Waals surface area contributed by atoms with Crippen LogP contribution in [-0.4, -0.2) is 116 Å². The van der Waals surface area contributed by atoms with Crippen LogP contribution >= 0.6 is 0 Å². The van der Waals surface area contributed by atoms with E-state index in [0.717, 1.165) is 121 Å². The topological polar surface area (TPSA) is 222 Å². The molecule has 0 radical (unpaired) electrons. The molecule has 0 bridgehead atoms. The number of allylic oxidation sites excluding steroid dienone is 5. The number of esters is 1. The van der Waals surface area contributed by atoms with E-state index in [1.54, 1.807) is 0 Å². The lowest BCUT2D eigenvalue weighted by Crippen LogP contribution is -2.63. The van der Waals surface area contributed by atoms with Crippen molar-refractivity contribution in [2.24, 2.45) is 196 Å². The van der Waals surface area contributed by atoms with Crippen LogP contribution in [0.1, 0.15) is 329 Å². The maximum Gasteiger partial charge on any atom is 0.302 e. The van der Waals surface area contributed by atoms with Crippen LogP contribution in [0.15, 0.2) is 60.8 Å². The molecule has 0 aliphatic heterocycles. The molecule has 12 heteroatoms. The molecule has 0 aromatic carbocycles. The Labute approximate surface area is 716 Å². The van der Waals surface area contributed by atoms with Crippen LogP contribution in [0.3, 0.4) is 0 Å². The summed E-state index contributed by atoms with van der Waals surface area (Å²) in [5.41, 5.74) is 8.52. The Hall–Kier alpha value is -2.81. The third kappa shape index (κ3) is 15.7. The van der Waals surface area contributed by atoms with Gasteiger partial charge in [0.2, 0.25) is 0 Å². The summed E-state index contributed by atoms with van der Waals surface area (Å²) in [4.78, 5) is 35.3. The van der Waals surface area contributed by atoms with Crippen molar-refractivity contribution in [3.63, 3.8) is 0 Å². The Morgan fingerprint density at radius 2 is 0.686 bits per heavy atom. The standard InChI is InChI=1S/C23H38O3.C21H34O2.C21H36O2.C21H32O2.C20H32O3/c1-15-8-10-23(5,18(12-15)14-26-17(3)25)21-9-11-22(4)16(2)6-7-20(22)19(21)13-24;1-12-7-9-21(4)15-8-10-20(3)13(2)5-6-14(20)17(15)19(23)18(22)16(21)11-12;2*1-14-7-9-21(4,16(11-14)12-22)19-8-10-20(3)15(2)5-6-18(20)17(19)13-23;1-11-4-5-13-16-14(7-9-19(11,13)2)20(3)8-6-12(21)10-15(20)17(22)18(16)23/h15,18-21,24H,2,6-14H2,1,3-5H3;12,14-19,22-23H,2,5-11H2,1,3-4H3;14,16-19,22-23H,2,5-13H2,1,3-4H3;12-14,16-19H,2,5-11H2,1,3-4H3;12-18,21-23H,1,4-10H2,2-3H3/t15-,18+,19-,20?,21?,22+,23-;12-,14?,15?,16?,17?,18+,19+,20+,21+;2*14-,16+,17-,18?,19?,20+,21-;12-,13?,14?,15?,16?,17+,18+,19+,20+/m00000/s1. The fourth-order valence-corrected chi connectivity index (χ4v) is 34.4. The van der Waals surface area contributed by atoms with E-state index >= 15 is 0 Å². The number of aldehydes is 2. The number of rotatable bonds is 10. The lowest BCUT2D eigenvalue weighted by molar-refractivity contribution is -0.217. The van der Waals surface area contributed by atoms with Gasteiger partial charge in [0.05, 0.1) is 37.1 Å². The molecule has 118 heavy (non-hydrogen) atoms. The highest BCUT2D eigenvalue weighted by molar-refractivity contribution is 5.66. The SMILES string of the molecule is C=C1CCC2C3C(CC[C@]12C)[C@@]1(C)CC[C@H](C)CC1[C@@H](O)[C@@H]3O.C=C1CCC2C3C(CC[C@]12C)[C@@]1(C)CC[C@H](O)CC1[C@@H](O)[C@@H]3O.C=C1CCC2[C@H](C=O)C([C@@]3(C)CC[C@H](C)C[C@@H]3C=O)CC[C@]12C.C=C1CCC2[C@H](CO)C([C@@]3(C)CC[C@H](C)C[C@@H]3CO)CC[C@]12C.C=C1CCC2[C@H](CO)C([C@@]3(C)CC[C@H](C)C[C@@H]3COC(C)=O)CC[C@]12C. The van der Waals surface area contributed by atoms with E-state index in [1.807, 2.05) is 0 Å². The summed E-state index contributed by atoms with van der Waals surface area (Å²) in [7, 11) is 0. The minimum Gasteiger partial charge on any atom is -0.466 e. The fourth-order valence-electron chi connectivity index (χ4n) is 34.4. The van der Waals surface area contributed by atoms with Crippen molar-refractivity contribution in [3.8, 4) is 0 Å². The molecule has 14 unspecified atom stereocenters. The number of carbonyl (C=O) groups is 3. The van der Waals surface area contributed by atoms with Gasteiger partial charge in [-0.1, -0.05) is 183 Å². The van der Waals surface area contributed by atoms with Crippen LogP contribution in [0.5, 0.6) is 0 Å². The van der Waals surface area contributed by atoms with Crippen LogP contribution in [0, 0.1) is 196 Å². The Morgan fingerprint density at radius 3 is 1.10 bits per heavy atom. The van der Waals surface area contributed by atoms with Crippen molar-refractivity contribution in [3.05, 3.63) is 60.8 Å². The van der Waals surface area contributed by atoms with Crippen molar-refractivity contribution >= 4 is 18.5 Å². The van der Waals surface area contributed by atoms with Gasteiger partial charge in [-0.15, -0.1) is 0 Å². The first-order chi connectivity index (χ1) is 55.5. The summed E-state index contributed by atoms with van der Waals surface area (Å²) < 4.78 is 5.49. The smallest absolute Gasteiger partial charge is 0.302 e. The zero-order valence-electron chi connectivity index (χ0n) is 77.2. The van der Waals surface area contributed by atoms with E-state index in [9.17, 15) is 55.2 Å². The van der Waals surface area contributed by atoms with Crippen LogP contribution < -0.4 is 0 Å². The van der Waals surface area contributed by atoms with Crippen molar-refractivity contribution in [2.75, 3.05) is 26.4 Å². The van der Waals surface area contributed by atoms with Crippen molar-refractivity contribution < 1.29 is 60.0 Å². The molecule has 0 heterocycles. The van der Waals surface area contributed by atoms with Gasteiger partial charge in [-0.2, -0.15) is 0 Å². The zero-order valence-corrected chi connectivity index (χ0v) is 77.2. The largest absolute Gasteiger partial charge is 0.466 e. The summed E-state index contributed by atoms with van der Waals surface area (Å²) >= 11 is 0. The molecular formula is C106H172O12. The molecule has 17 fully saturated rings. The molecule has 0 saturated heterocycles. The third-order valence-corrected chi connectivity index (χ3v) is 43.0. The molecule has 0 aromatic heterocycles. The highest BCUT2D eigenvalue weighted by Crippen LogP contribution is 2.72. The summed E-state index contributed by atoms with van der Waals surface area (Å²) in [5, 5.41) is 84.7. The van der Waals surface area contributed by atoms with E-state index in [-0.39, 0.29) is 108 Å². The van der Waals surface area contributed by atoms with Gasteiger partial charge in [0.15, 0.2) is 0 Å². The highest BCUT2D eigenvalue weighted by atomic mass is 16.5. The minimum absolute atomic E-state index is 0.00505. The third-order valence-electron chi connectivity index (χ3n) is 43.0. The second-order valence-corrected chi connectivity index (χ2v) is 47.9. The number of ether oxygens (including phenoxy) is 1. The molecule has 17 saturated carbocycles. The summed E-state index contributed by atoms with van der Waals surface area (Å²) in [6.45, 7) is 57.6. The Balaban J connectivity index is 0.000000128. The molecule has 0 amide bonds. The van der Waals surface area contributed by atoms with Gasteiger partial charge in [-0.25, -0.2) is 0 Å². The van der Waals surface area contributed by atoms with Crippen LogP contribution in [0.2, 0.25) is 0 Å². The number of fused-ring (bicyclic) bond motifs is 13. The van der Waals surface area contributed by atoms with Crippen LogP contribution in [-0.2, 0) is 19.1 Å². The van der Waals surface area contributed by atoms with Crippen molar-refractivity contribution in [1.82, 2.24) is 0 Å². The van der Waals surface area contributed by atoms with E-state index in [1.165, 1.54) is 150 Å². The van der Waals surface area contributed by atoms with Gasteiger partial charge in [0.1, 0.15) is 12.6 Å². The van der Waals surface area contributed by atoms with Gasteiger partial charge in [0, 0.05) is 38.6 Å². The average Bonchev–Trinajstić information content (AvgIpc) is 1.29. The fraction of sp³-hybridized carbons (Fsp3) is 0.877. The minimum atomic E-state index is -0.688. The quantitative estimate of drug-likeness (QED) is 0.0581. The highest BCUT2D eigenvalue weighted by Gasteiger charge is 2.68. The van der Waals surface area contributed by atoms with E-state index in [4.69, 9.17) is 4.74 Å². The van der Waals surface area contributed by atoms with Gasteiger partial charge in [-0.05, 0) is 383 Å². The molecule has 17 aliphatic carbocycles. The average molecular weight is 1640 g/mol. The molecule has 0 spiro atoms. The van der Waals surface area contributed by atoms with E-state index in [2.05, 4.69) is 130 Å². The number of carbonyl (C=O) groups excluding carboxylic acids is 3. The first-order valence-corrected chi connectivity index (χ1v) is 49.2. The lowest BCUT2D eigenvalue weighted by Gasteiger charge is -2.63. The van der Waals surface area contributed by atoms with Gasteiger partial charge < -0.3 is 55.2 Å². The Bertz CT molecular complexity index is 3510. The molecule has 17 aliphatic rings.